The van der Waals surface area contributed by atoms with Crippen LogP contribution in [0.5, 0.6) is 5.75 Å². The summed E-state index contributed by atoms with van der Waals surface area (Å²) < 4.78 is 5.10. The van der Waals surface area contributed by atoms with Gasteiger partial charge in [-0.05, 0) is 51.2 Å². The second-order valence-corrected chi connectivity index (χ2v) is 5.60. The molecule has 0 radical (unpaired) electrons. The molecule has 106 valence electrons. The Morgan fingerprint density at radius 1 is 1.32 bits per heavy atom. The average molecular weight is 282 g/mol. The molecule has 1 aromatic rings. The number of carbonyl (C=O) groups is 1. The van der Waals surface area contributed by atoms with E-state index in [1.54, 1.807) is 18.9 Å². The summed E-state index contributed by atoms with van der Waals surface area (Å²) >= 11 is 1.55. The number of thioether (sulfide) groups is 1. The molecule has 0 fully saturated rings. The van der Waals surface area contributed by atoms with E-state index in [0.717, 1.165) is 23.6 Å². The Hall–Kier alpha value is -1.20. The van der Waals surface area contributed by atoms with Crippen LogP contribution in [0, 0.1) is 0 Å². The van der Waals surface area contributed by atoms with Crippen molar-refractivity contribution in [3.8, 4) is 5.75 Å². The molecule has 1 atom stereocenters. The predicted molar refractivity (Wildman–Crippen MR) is 79.9 cm³/mol. The number of hydrogen-bond acceptors (Lipinski definition) is 4. The molecule has 5 heteroatoms. The van der Waals surface area contributed by atoms with Crippen LogP contribution in [0.1, 0.15) is 13.3 Å². The van der Waals surface area contributed by atoms with Crippen molar-refractivity contribution in [3.63, 3.8) is 0 Å². The van der Waals surface area contributed by atoms with Crippen molar-refractivity contribution < 1.29 is 9.53 Å². The SMILES string of the molecule is CNCCCNC(=O)C(C)Sc1ccc(OC)cc1. The summed E-state index contributed by atoms with van der Waals surface area (Å²) in [6, 6.07) is 7.74. The van der Waals surface area contributed by atoms with Crippen LogP contribution in [0.25, 0.3) is 0 Å². The second kappa shape index (κ2) is 8.82. The van der Waals surface area contributed by atoms with Gasteiger partial charge in [-0.2, -0.15) is 0 Å². The smallest absolute Gasteiger partial charge is 0.233 e. The second-order valence-electron chi connectivity index (χ2n) is 4.18. The third kappa shape index (κ3) is 5.98. The van der Waals surface area contributed by atoms with E-state index in [0.29, 0.717) is 6.54 Å². The van der Waals surface area contributed by atoms with Crippen LogP contribution in [-0.2, 0) is 4.79 Å². The predicted octanol–water partition coefficient (Wildman–Crippen LogP) is 1.90. The van der Waals surface area contributed by atoms with Gasteiger partial charge in [-0.25, -0.2) is 0 Å². The summed E-state index contributed by atoms with van der Waals surface area (Å²) in [5, 5.41) is 5.89. The first-order valence-electron chi connectivity index (χ1n) is 6.40. The van der Waals surface area contributed by atoms with Gasteiger partial charge in [0.15, 0.2) is 0 Å². The van der Waals surface area contributed by atoms with E-state index in [-0.39, 0.29) is 11.2 Å². The zero-order chi connectivity index (χ0) is 14.1. The van der Waals surface area contributed by atoms with Crippen LogP contribution in [-0.4, -0.2) is 38.4 Å². The highest BCUT2D eigenvalue weighted by Gasteiger charge is 2.13. The lowest BCUT2D eigenvalue weighted by Crippen LogP contribution is -2.32. The largest absolute Gasteiger partial charge is 0.497 e. The first-order valence-corrected chi connectivity index (χ1v) is 7.28. The first kappa shape index (κ1) is 15.9. The van der Waals surface area contributed by atoms with Gasteiger partial charge in [-0.15, -0.1) is 11.8 Å². The van der Waals surface area contributed by atoms with Gasteiger partial charge in [-0.3, -0.25) is 4.79 Å². The average Bonchev–Trinajstić information content (AvgIpc) is 2.44. The lowest BCUT2D eigenvalue weighted by Gasteiger charge is -2.12. The van der Waals surface area contributed by atoms with Crippen molar-refractivity contribution in [2.24, 2.45) is 0 Å². The molecule has 1 aromatic carbocycles. The van der Waals surface area contributed by atoms with Crippen LogP contribution in [0.15, 0.2) is 29.2 Å². The Bertz CT molecular complexity index is 382. The third-order valence-electron chi connectivity index (χ3n) is 2.64. The van der Waals surface area contributed by atoms with Gasteiger partial charge in [-0.1, -0.05) is 0 Å². The van der Waals surface area contributed by atoms with Crippen molar-refractivity contribution >= 4 is 17.7 Å². The number of methoxy groups -OCH3 is 1. The first-order chi connectivity index (χ1) is 9.17. The van der Waals surface area contributed by atoms with Crippen LogP contribution < -0.4 is 15.4 Å². The summed E-state index contributed by atoms with van der Waals surface area (Å²) in [5.41, 5.74) is 0. The molecular formula is C14H22N2O2S. The molecule has 0 aliphatic rings. The van der Waals surface area contributed by atoms with E-state index in [4.69, 9.17) is 4.74 Å². The Labute approximate surface area is 119 Å². The molecule has 2 N–H and O–H groups in total. The summed E-state index contributed by atoms with van der Waals surface area (Å²) in [5.74, 6) is 0.908. The zero-order valence-corrected chi connectivity index (χ0v) is 12.5. The van der Waals surface area contributed by atoms with Gasteiger partial charge in [0.2, 0.25) is 5.91 Å². The molecule has 0 saturated carbocycles. The Kier molecular flexibility index (Phi) is 7.36. The highest BCUT2D eigenvalue weighted by atomic mass is 32.2. The minimum atomic E-state index is -0.0945. The summed E-state index contributed by atoms with van der Waals surface area (Å²) in [6.45, 7) is 3.55. The molecule has 0 aliphatic carbocycles. The molecule has 0 aliphatic heterocycles. The summed E-state index contributed by atoms with van der Waals surface area (Å²) in [7, 11) is 3.55. The van der Waals surface area contributed by atoms with Crippen LogP contribution in [0.4, 0.5) is 0 Å². The molecular weight excluding hydrogens is 260 g/mol. The Balaban J connectivity index is 2.35. The molecule has 0 heterocycles. The van der Waals surface area contributed by atoms with Crippen LogP contribution in [0.3, 0.4) is 0 Å². The van der Waals surface area contributed by atoms with E-state index >= 15 is 0 Å². The van der Waals surface area contributed by atoms with E-state index in [1.807, 2.05) is 38.2 Å². The zero-order valence-electron chi connectivity index (χ0n) is 11.7. The molecule has 0 aromatic heterocycles. The molecule has 0 spiro atoms. The van der Waals surface area contributed by atoms with E-state index < -0.39 is 0 Å². The van der Waals surface area contributed by atoms with Gasteiger partial charge in [0, 0.05) is 11.4 Å². The van der Waals surface area contributed by atoms with Gasteiger partial charge < -0.3 is 15.4 Å². The monoisotopic (exact) mass is 282 g/mol. The standard InChI is InChI=1S/C14H22N2O2S/c1-11(14(17)16-10-4-9-15-2)19-13-7-5-12(18-3)6-8-13/h5-8,11,15H,4,9-10H2,1-3H3,(H,16,17). The van der Waals surface area contributed by atoms with Crippen molar-refractivity contribution in [2.75, 3.05) is 27.2 Å². The van der Waals surface area contributed by atoms with Gasteiger partial charge >= 0.3 is 0 Å². The maximum atomic E-state index is 11.9. The summed E-state index contributed by atoms with van der Waals surface area (Å²) in [6.07, 6.45) is 0.947. The number of nitrogens with one attached hydrogen (secondary N) is 2. The van der Waals surface area contributed by atoms with E-state index in [9.17, 15) is 4.79 Å². The molecule has 1 amide bonds. The molecule has 0 saturated heterocycles. The van der Waals surface area contributed by atoms with E-state index in [1.165, 1.54) is 0 Å². The third-order valence-corrected chi connectivity index (χ3v) is 3.76. The van der Waals surface area contributed by atoms with Crippen molar-refractivity contribution in [1.82, 2.24) is 10.6 Å². The van der Waals surface area contributed by atoms with Crippen molar-refractivity contribution in [2.45, 2.75) is 23.5 Å². The number of ether oxygens (including phenoxy) is 1. The molecule has 1 unspecified atom stereocenters. The maximum absolute atomic E-state index is 11.9. The van der Waals surface area contributed by atoms with Gasteiger partial charge in [0.25, 0.3) is 0 Å². The molecule has 19 heavy (non-hydrogen) atoms. The number of amides is 1. The minimum absolute atomic E-state index is 0.0805. The van der Waals surface area contributed by atoms with Gasteiger partial charge in [0.1, 0.15) is 5.75 Å². The number of hydrogen-bond donors (Lipinski definition) is 2. The van der Waals surface area contributed by atoms with Crippen molar-refractivity contribution in [1.29, 1.82) is 0 Å². The minimum Gasteiger partial charge on any atom is -0.497 e. The van der Waals surface area contributed by atoms with E-state index in [2.05, 4.69) is 10.6 Å². The topological polar surface area (TPSA) is 50.4 Å². The molecule has 0 bridgehead atoms. The maximum Gasteiger partial charge on any atom is 0.233 e. The van der Waals surface area contributed by atoms with Gasteiger partial charge in [0.05, 0.1) is 12.4 Å². The number of benzene rings is 1. The fourth-order valence-electron chi connectivity index (χ4n) is 1.53. The summed E-state index contributed by atoms with van der Waals surface area (Å²) in [4.78, 5) is 12.9. The fourth-order valence-corrected chi connectivity index (χ4v) is 2.42. The number of carbonyl (C=O) groups excluding carboxylic acids is 1. The molecule has 1 rings (SSSR count). The lowest BCUT2D eigenvalue weighted by molar-refractivity contribution is -0.120. The molecule has 4 nitrogen and oxygen atoms in total. The lowest BCUT2D eigenvalue weighted by atomic mass is 10.3. The van der Waals surface area contributed by atoms with Crippen LogP contribution in [0.2, 0.25) is 0 Å². The fraction of sp³-hybridized carbons (Fsp3) is 0.500. The normalized spacial score (nSPS) is 11.9. The highest BCUT2D eigenvalue weighted by molar-refractivity contribution is 8.00. The quantitative estimate of drug-likeness (QED) is 0.565. The highest BCUT2D eigenvalue weighted by Crippen LogP contribution is 2.25. The number of rotatable bonds is 8. The Morgan fingerprint density at radius 3 is 2.58 bits per heavy atom. The van der Waals surface area contributed by atoms with Crippen LogP contribution >= 0.6 is 11.8 Å². The Morgan fingerprint density at radius 2 is 2.00 bits per heavy atom. The van der Waals surface area contributed by atoms with Crippen molar-refractivity contribution in [3.05, 3.63) is 24.3 Å².